The smallest absolute Gasteiger partial charge is 0.0409 e. The lowest BCUT2D eigenvalue weighted by atomic mass is 9.69. The normalized spacial score (nSPS) is 22.5. The molecule has 0 saturated carbocycles. The molecule has 1 saturated heterocycles. The van der Waals surface area contributed by atoms with Gasteiger partial charge in [0, 0.05) is 11.6 Å². The van der Waals surface area contributed by atoms with E-state index < -0.39 is 0 Å². The van der Waals surface area contributed by atoms with Crippen molar-refractivity contribution in [3.8, 4) is 0 Å². The van der Waals surface area contributed by atoms with E-state index >= 15 is 0 Å². The molecule has 0 bridgehead atoms. The molecule has 27 heavy (non-hydrogen) atoms. The molecule has 0 aromatic heterocycles. The molecular formula is C25H34ClN. The largest absolute Gasteiger partial charge is 0.299 e. The van der Waals surface area contributed by atoms with Crippen molar-refractivity contribution in [2.75, 3.05) is 19.6 Å². The Bertz CT molecular complexity index is 735. The second kappa shape index (κ2) is 8.80. The molecule has 1 aliphatic carbocycles. The van der Waals surface area contributed by atoms with Gasteiger partial charge in [0.15, 0.2) is 0 Å². The Morgan fingerprint density at radius 3 is 2.59 bits per heavy atom. The van der Waals surface area contributed by atoms with Crippen molar-refractivity contribution in [2.45, 2.75) is 58.3 Å². The third-order valence-corrected chi connectivity index (χ3v) is 7.03. The number of aryl methyl sites for hydroxylation is 1. The van der Waals surface area contributed by atoms with E-state index in [0.29, 0.717) is 5.92 Å². The Hall–Kier alpha value is -1.31. The Kier molecular flexibility index (Phi) is 6.65. The van der Waals surface area contributed by atoms with E-state index in [2.05, 4.69) is 62.6 Å². The number of halogens is 1. The van der Waals surface area contributed by atoms with E-state index in [4.69, 9.17) is 11.6 Å². The van der Waals surface area contributed by atoms with Gasteiger partial charge in [-0.2, -0.15) is 0 Å². The van der Waals surface area contributed by atoms with Crippen LogP contribution in [0.5, 0.6) is 0 Å². The molecule has 1 aromatic carbocycles. The number of nitrogens with zero attached hydrogens (tertiary/aromatic N) is 1. The highest BCUT2D eigenvalue weighted by Gasteiger charge is 2.35. The van der Waals surface area contributed by atoms with E-state index in [1.165, 1.54) is 48.0 Å². The molecule has 2 aliphatic rings. The maximum atomic E-state index is 6.32. The number of hydrogen-bond donors (Lipinski definition) is 0. The summed E-state index contributed by atoms with van der Waals surface area (Å²) in [5.74, 6) is 0.711. The Morgan fingerprint density at radius 1 is 1.26 bits per heavy atom. The number of hydrogen-bond acceptors (Lipinski definition) is 1. The summed E-state index contributed by atoms with van der Waals surface area (Å²) in [6.45, 7) is 14.5. The van der Waals surface area contributed by atoms with Gasteiger partial charge >= 0.3 is 0 Å². The van der Waals surface area contributed by atoms with Gasteiger partial charge in [0.1, 0.15) is 0 Å². The molecule has 1 unspecified atom stereocenters. The first-order valence-electron chi connectivity index (χ1n) is 10.5. The number of piperidine rings is 1. The van der Waals surface area contributed by atoms with Crippen LogP contribution in [0.4, 0.5) is 0 Å². The van der Waals surface area contributed by atoms with Crippen LogP contribution < -0.4 is 0 Å². The molecular weight excluding hydrogens is 350 g/mol. The van der Waals surface area contributed by atoms with Gasteiger partial charge in [0.2, 0.25) is 0 Å². The van der Waals surface area contributed by atoms with Crippen LogP contribution in [0.2, 0.25) is 5.02 Å². The van der Waals surface area contributed by atoms with Crippen LogP contribution in [0.25, 0.3) is 0 Å². The fourth-order valence-corrected chi connectivity index (χ4v) is 4.88. The van der Waals surface area contributed by atoms with Crippen molar-refractivity contribution in [1.82, 2.24) is 4.90 Å². The van der Waals surface area contributed by atoms with Gasteiger partial charge in [0.05, 0.1) is 0 Å². The van der Waals surface area contributed by atoms with Crippen LogP contribution >= 0.6 is 11.6 Å². The minimum Gasteiger partial charge on any atom is -0.299 e. The lowest BCUT2D eigenvalue weighted by Gasteiger charge is -2.43. The van der Waals surface area contributed by atoms with Crippen LogP contribution in [0.1, 0.15) is 57.1 Å². The van der Waals surface area contributed by atoms with E-state index in [1.54, 1.807) is 0 Å². The summed E-state index contributed by atoms with van der Waals surface area (Å²) in [5.41, 5.74) is 5.72. The molecule has 3 rings (SSSR count). The van der Waals surface area contributed by atoms with Gasteiger partial charge in [-0.25, -0.2) is 0 Å². The quantitative estimate of drug-likeness (QED) is 0.518. The molecule has 0 amide bonds. The highest BCUT2D eigenvalue weighted by Crippen LogP contribution is 2.41. The van der Waals surface area contributed by atoms with Gasteiger partial charge in [-0.05, 0) is 97.9 Å². The van der Waals surface area contributed by atoms with Crippen molar-refractivity contribution in [3.05, 3.63) is 70.3 Å². The maximum Gasteiger partial charge on any atom is 0.0409 e. The average Bonchev–Trinajstić information content (AvgIpc) is 2.70. The predicted octanol–water partition coefficient (Wildman–Crippen LogP) is 6.86. The molecule has 2 heteroatoms. The van der Waals surface area contributed by atoms with Crippen LogP contribution in [0.15, 0.2) is 54.2 Å². The fourth-order valence-electron chi connectivity index (χ4n) is 4.71. The standard InChI is InChI=1S/C25H34ClN/c1-5-21-8-10-22(11-9-21)20(4)18-27-15-13-25(6-2,14-16-27)24-17-23(26)12-7-19(24)3/h7-8,10-12,17,21H,4-6,9,13-16,18H2,1-3H3. The number of benzene rings is 1. The summed E-state index contributed by atoms with van der Waals surface area (Å²) in [5, 5.41) is 0.862. The molecule has 0 N–H and O–H groups in total. The van der Waals surface area contributed by atoms with Crippen molar-refractivity contribution >= 4 is 11.6 Å². The Balaban J connectivity index is 1.62. The predicted molar refractivity (Wildman–Crippen MR) is 119 cm³/mol. The molecule has 1 aliphatic heterocycles. The number of likely N-dealkylation sites (tertiary alicyclic amines) is 1. The first-order valence-corrected chi connectivity index (χ1v) is 10.9. The summed E-state index contributed by atoms with van der Waals surface area (Å²) in [4.78, 5) is 2.58. The van der Waals surface area contributed by atoms with Crippen LogP contribution in [-0.2, 0) is 5.41 Å². The number of rotatable bonds is 6. The summed E-state index contributed by atoms with van der Waals surface area (Å²) in [6, 6.07) is 6.39. The van der Waals surface area contributed by atoms with Gasteiger partial charge < -0.3 is 0 Å². The second-order valence-electron chi connectivity index (χ2n) is 8.40. The monoisotopic (exact) mass is 383 g/mol. The first kappa shape index (κ1) is 20.4. The Labute approximate surface area is 170 Å². The Morgan fingerprint density at radius 2 is 2.00 bits per heavy atom. The molecule has 0 radical (unpaired) electrons. The third-order valence-electron chi connectivity index (χ3n) is 6.80. The van der Waals surface area contributed by atoms with E-state index in [-0.39, 0.29) is 5.41 Å². The van der Waals surface area contributed by atoms with E-state index in [0.717, 1.165) is 31.1 Å². The maximum absolute atomic E-state index is 6.32. The van der Waals surface area contributed by atoms with Crippen molar-refractivity contribution in [2.24, 2.45) is 5.92 Å². The van der Waals surface area contributed by atoms with Crippen LogP contribution in [0, 0.1) is 12.8 Å². The zero-order valence-corrected chi connectivity index (χ0v) is 18.0. The zero-order chi connectivity index (χ0) is 19.4. The van der Waals surface area contributed by atoms with Gasteiger partial charge in [0.25, 0.3) is 0 Å². The molecule has 1 fully saturated rings. The lowest BCUT2D eigenvalue weighted by Crippen LogP contribution is -2.43. The minimum absolute atomic E-state index is 0.269. The minimum atomic E-state index is 0.269. The summed E-state index contributed by atoms with van der Waals surface area (Å²) >= 11 is 6.32. The van der Waals surface area contributed by atoms with Crippen LogP contribution in [0.3, 0.4) is 0 Å². The molecule has 1 atom stereocenters. The second-order valence-corrected chi connectivity index (χ2v) is 8.83. The SMILES string of the molecule is C=C(CN1CCC(CC)(c2cc(Cl)ccc2C)CC1)C1=CCC(CC)C=C1. The molecule has 1 aromatic rings. The van der Waals surface area contributed by atoms with Gasteiger partial charge in [-0.3, -0.25) is 4.90 Å². The number of allylic oxidation sites excluding steroid dienone is 3. The topological polar surface area (TPSA) is 3.24 Å². The highest BCUT2D eigenvalue weighted by molar-refractivity contribution is 6.30. The van der Waals surface area contributed by atoms with E-state index in [9.17, 15) is 0 Å². The summed E-state index contributed by atoms with van der Waals surface area (Å²) < 4.78 is 0. The van der Waals surface area contributed by atoms with Gasteiger partial charge in [-0.1, -0.05) is 56.3 Å². The highest BCUT2D eigenvalue weighted by atomic mass is 35.5. The fraction of sp³-hybridized carbons (Fsp3) is 0.520. The zero-order valence-electron chi connectivity index (χ0n) is 17.2. The van der Waals surface area contributed by atoms with Gasteiger partial charge in [-0.15, -0.1) is 0 Å². The molecule has 146 valence electrons. The summed E-state index contributed by atoms with van der Waals surface area (Å²) in [7, 11) is 0. The van der Waals surface area contributed by atoms with Crippen molar-refractivity contribution < 1.29 is 0 Å². The lowest BCUT2D eigenvalue weighted by molar-refractivity contribution is 0.165. The van der Waals surface area contributed by atoms with E-state index in [1.807, 2.05) is 6.07 Å². The average molecular weight is 384 g/mol. The third kappa shape index (κ3) is 4.58. The molecule has 0 spiro atoms. The van der Waals surface area contributed by atoms with Crippen molar-refractivity contribution in [3.63, 3.8) is 0 Å². The molecule has 1 nitrogen and oxygen atoms in total. The molecule has 1 heterocycles. The van der Waals surface area contributed by atoms with Crippen molar-refractivity contribution in [1.29, 1.82) is 0 Å². The van der Waals surface area contributed by atoms with Crippen LogP contribution in [-0.4, -0.2) is 24.5 Å². The first-order chi connectivity index (χ1) is 13.0. The summed E-state index contributed by atoms with van der Waals surface area (Å²) in [6.07, 6.45) is 13.0.